The van der Waals surface area contributed by atoms with E-state index in [1.807, 2.05) is 6.92 Å². The van der Waals surface area contributed by atoms with Crippen LogP contribution in [0.25, 0.3) is 12.2 Å². The molecule has 0 heterocycles. The highest BCUT2D eigenvalue weighted by atomic mass is 32.2. The van der Waals surface area contributed by atoms with Crippen LogP contribution in [0.4, 0.5) is 0 Å². The van der Waals surface area contributed by atoms with E-state index in [0.717, 1.165) is 32.0 Å². The van der Waals surface area contributed by atoms with Gasteiger partial charge in [-0.1, -0.05) is 108 Å². The molecule has 0 saturated carbocycles. The number of benzene rings is 3. The van der Waals surface area contributed by atoms with Crippen LogP contribution in [0.2, 0.25) is 1.41 Å². The van der Waals surface area contributed by atoms with Crippen molar-refractivity contribution in [2.75, 3.05) is 6.61 Å². The van der Waals surface area contributed by atoms with Gasteiger partial charge in [0.2, 0.25) is 5.90 Å². The Hall–Kier alpha value is -2.78. The Morgan fingerprint density at radius 3 is 1.97 bits per heavy atom. The summed E-state index contributed by atoms with van der Waals surface area (Å²) in [5, 5.41) is 3.78. The summed E-state index contributed by atoms with van der Waals surface area (Å²) in [5.74, 6) is 0.342. The Balaban J connectivity index is 2.03. The highest BCUT2D eigenvalue weighted by Gasteiger charge is 2.17. The number of hydrogen-bond donors (Lipinski definition) is 1. The molecule has 1 N–H and O–H groups in total. The van der Waals surface area contributed by atoms with Crippen LogP contribution in [0.1, 0.15) is 81.8 Å². The first-order valence-corrected chi connectivity index (χ1v) is 13.1. The van der Waals surface area contributed by atoms with E-state index in [1.54, 1.807) is 11.8 Å². The van der Waals surface area contributed by atoms with Crippen molar-refractivity contribution < 1.29 is 6.15 Å². The predicted octanol–water partition coefficient (Wildman–Crippen LogP) is 9.27. The third-order valence-corrected chi connectivity index (χ3v) is 7.00. The first-order valence-electron chi connectivity index (χ1n) is 12.7. The van der Waals surface area contributed by atoms with Crippen LogP contribution in [0, 0.1) is 12.3 Å². The Bertz CT molecular complexity index is 1230. The fraction of sp³-hybridized carbons (Fsp3) is 0.344. The van der Waals surface area contributed by atoms with Crippen LogP contribution in [-0.4, -0.2) is 12.5 Å². The monoisotopic (exact) mass is 485 g/mol. The van der Waals surface area contributed by atoms with Gasteiger partial charge in [0.1, 0.15) is 0 Å². The summed E-state index contributed by atoms with van der Waals surface area (Å²) < 4.78 is 13.7. The van der Waals surface area contributed by atoms with Crippen molar-refractivity contribution in [1.82, 2.24) is 0 Å². The minimum atomic E-state index is 0.112. The average molecular weight is 486 g/mol. The Kier molecular flexibility index (Phi) is 7.86. The number of ether oxygens (including phenoxy) is 1. The summed E-state index contributed by atoms with van der Waals surface area (Å²) in [7, 11) is 0. The van der Waals surface area contributed by atoms with E-state index >= 15 is 0 Å². The maximum Gasteiger partial charge on any atom is 0.214 e. The standard InChI is InChI=1S/C32H39NOS/c1-9-34-30(33)29-24(13-10-23-11-14-25(15-12-23)31(3,4)5)20-22(2)21-28(29)35-27-18-16-26(17-19-27)32(6,7)8/h10-21,33H,9H2,1-8H3/b13-10?,33-30+. The van der Waals surface area contributed by atoms with Gasteiger partial charge < -0.3 is 4.74 Å². The van der Waals surface area contributed by atoms with Gasteiger partial charge in [-0.2, -0.15) is 0 Å². The summed E-state index contributed by atoms with van der Waals surface area (Å²) in [6.45, 7) is 17.8. The van der Waals surface area contributed by atoms with Crippen molar-refractivity contribution in [3.63, 3.8) is 0 Å². The molecule has 0 aliphatic heterocycles. The van der Waals surface area contributed by atoms with Gasteiger partial charge in [-0.15, -0.1) is 0 Å². The molecule has 0 amide bonds. The summed E-state index contributed by atoms with van der Waals surface area (Å²) in [5.41, 5.74) is 6.97. The van der Waals surface area contributed by atoms with E-state index in [4.69, 9.17) is 6.15 Å². The number of aryl methyl sites for hydroxylation is 1. The van der Waals surface area contributed by atoms with Gasteiger partial charge in [0.25, 0.3) is 0 Å². The lowest BCUT2D eigenvalue weighted by Gasteiger charge is -2.19. The minimum absolute atomic E-state index is 0.112. The van der Waals surface area contributed by atoms with Crippen LogP contribution in [-0.2, 0) is 15.6 Å². The van der Waals surface area contributed by atoms with Crippen LogP contribution >= 0.6 is 11.8 Å². The molecule has 3 aromatic rings. The first kappa shape index (κ1) is 25.3. The zero-order valence-electron chi connectivity index (χ0n) is 23.4. The second kappa shape index (κ2) is 10.9. The van der Waals surface area contributed by atoms with Crippen LogP contribution < -0.4 is 0 Å². The molecule has 0 unspecified atom stereocenters. The molecule has 35 heavy (non-hydrogen) atoms. The molecule has 0 radical (unpaired) electrons. The van der Waals surface area contributed by atoms with Crippen LogP contribution in [0.15, 0.2) is 70.5 Å². The minimum Gasteiger partial charge on any atom is -0.478 e. The Morgan fingerprint density at radius 1 is 0.886 bits per heavy atom. The predicted molar refractivity (Wildman–Crippen MR) is 153 cm³/mol. The lowest BCUT2D eigenvalue weighted by molar-refractivity contribution is 0.325. The zero-order valence-corrected chi connectivity index (χ0v) is 23.2. The molecule has 0 fully saturated rings. The third-order valence-electron chi connectivity index (χ3n) is 5.95. The van der Waals surface area contributed by atoms with E-state index in [0.29, 0.717) is 12.5 Å². The molecule has 3 aromatic carbocycles. The summed E-state index contributed by atoms with van der Waals surface area (Å²) in [6.07, 6.45) is 4.22. The van der Waals surface area contributed by atoms with Gasteiger partial charge in [-0.05, 0) is 70.7 Å². The number of nitrogens with one attached hydrogen (secondary N) is 1. The van der Waals surface area contributed by atoms with E-state index in [1.165, 1.54) is 11.1 Å². The van der Waals surface area contributed by atoms with Crippen molar-refractivity contribution in [1.29, 1.82) is 5.40 Å². The molecule has 0 aliphatic carbocycles. The average Bonchev–Trinajstić information content (AvgIpc) is 2.81. The van der Waals surface area contributed by atoms with Crippen molar-refractivity contribution >= 4 is 29.8 Å². The molecule has 0 spiro atoms. The molecule has 3 heteroatoms. The summed E-state index contributed by atoms with van der Waals surface area (Å²) in [4.78, 5) is 2.17. The molecular weight excluding hydrogens is 446 g/mol. The number of rotatable bonds is 6. The van der Waals surface area contributed by atoms with Gasteiger partial charge in [-0.3, -0.25) is 5.40 Å². The largest absolute Gasteiger partial charge is 0.478 e. The van der Waals surface area contributed by atoms with Gasteiger partial charge in [0, 0.05) is 9.79 Å². The molecule has 3 rings (SSSR count). The van der Waals surface area contributed by atoms with Crippen molar-refractivity contribution in [2.24, 2.45) is 0 Å². The molecule has 0 aromatic heterocycles. The maximum absolute atomic E-state index is 7.83. The van der Waals surface area contributed by atoms with E-state index < -0.39 is 0 Å². The van der Waals surface area contributed by atoms with Gasteiger partial charge in [-0.25, -0.2) is 0 Å². The van der Waals surface area contributed by atoms with Crippen LogP contribution in [0.5, 0.6) is 0 Å². The Labute approximate surface area is 217 Å². The third kappa shape index (κ3) is 7.11. The van der Waals surface area contributed by atoms with Crippen molar-refractivity contribution in [2.45, 2.75) is 76.0 Å². The number of hydrogen-bond acceptors (Lipinski definition) is 3. The Morgan fingerprint density at radius 2 is 1.46 bits per heavy atom. The van der Waals surface area contributed by atoms with Crippen LogP contribution in [0.3, 0.4) is 0 Å². The summed E-state index contributed by atoms with van der Waals surface area (Å²) in [6, 6.07) is 21.7. The molecule has 0 saturated heterocycles. The maximum atomic E-state index is 7.83. The summed E-state index contributed by atoms with van der Waals surface area (Å²) >= 11 is 1.68. The molecule has 184 valence electrons. The molecule has 0 atom stereocenters. The fourth-order valence-electron chi connectivity index (χ4n) is 3.86. The van der Waals surface area contributed by atoms with E-state index in [2.05, 4.69) is 127 Å². The molecular formula is C32H39NOS. The zero-order chi connectivity index (χ0) is 26.5. The van der Waals surface area contributed by atoms with Gasteiger partial charge >= 0.3 is 0 Å². The smallest absolute Gasteiger partial charge is 0.214 e. The van der Waals surface area contributed by atoms with Gasteiger partial charge in [0.05, 0.1) is 12.2 Å². The molecule has 2 nitrogen and oxygen atoms in total. The fourth-order valence-corrected chi connectivity index (χ4v) is 4.94. The lowest BCUT2D eigenvalue weighted by atomic mass is 9.86. The van der Waals surface area contributed by atoms with E-state index in [-0.39, 0.29) is 10.8 Å². The lowest BCUT2D eigenvalue weighted by Crippen LogP contribution is -2.10. The van der Waals surface area contributed by atoms with Crippen molar-refractivity contribution in [3.8, 4) is 0 Å². The molecule has 0 bridgehead atoms. The molecule has 0 aliphatic rings. The quantitative estimate of drug-likeness (QED) is 0.214. The second-order valence-electron chi connectivity index (χ2n) is 11.0. The first-order chi connectivity index (χ1) is 16.9. The van der Waals surface area contributed by atoms with Crippen molar-refractivity contribution in [3.05, 3.63) is 94.0 Å². The second-order valence-corrected chi connectivity index (χ2v) is 12.2. The topological polar surface area (TPSA) is 33.1 Å². The highest BCUT2D eigenvalue weighted by molar-refractivity contribution is 7.99. The SMILES string of the molecule is [H]/N=C(/OCC)c1c(C=Cc2ccc(C(C)(C)C)cc2)cc(C)cc1Sc1ccc(C(C)(C)C)cc1. The normalized spacial score (nSPS) is 13.3. The van der Waals surface area contributed by atoms with E-state index in [9.17, 15) is 0 Å². The highest BCUT2D eigenvalue weighted by Crippen LogP contribution is 2.35. The van der Waals surface area contributed by atoms with Gasteiger partial charge in [0.15, 0.2) is 1.41 Å².